The van der Waals surface area contributed by atoms with E-state index in [1.807, 2.05) is 0 Å². The molecule has 0 bridgehead atoms. The largest absolute Gasteiger partial charge is 0.354 e. The summed E-state index contributed by atoms with van der Waals surface area (Å²) in [6, 6.07) is 0. The van der Waals surface area contributed by atoms with Crippen LogP contribution in [0.15, 0.2) is 0 Å². The molecule has 1 saturated heterocycles. The van der Waals surface area contributed by atoms with Gasteiger partial charge in [0.05, 0.1) is 0 Å². The topological polar surface area (TPSA) is 32.3 Å². The average Bonchev–Trinajstić information content (AvgIpc) is 3.06. The van der Waals surface area contributed by atoms with E-state index in [4.69, 9.17) is 0 Å². The molecule has 2 fully saturated rings. The fraction of sp³-hybridized carbons (Fsp3) is 0.938. The summed E-state index contributed by atoms with van der Waals surface area (Å²) in [6.07, 6.45) is 7.70. The molecule has 0 radical (unpaired) electrons. The predicted octanol–water partition coefficient (Wildman–Crippen LogP) is 2.80. The summed E-state index contributed by atoms with van der Waals surface area (Å²) < 4.78 is 0. The number of amides is 1. The van der Waals surface area contributed by atoms with E-state index in [0.29, 0.717) is 5.92 Å². The Labute approximate surface area is 118 Å². The molecule has 1 aliphatic carbocycles. The van der Waals surface area contributed by atoms with Crippen molar-refractivity contribution in [3.63, 3.8) is 0 Å². The van der Waals surface area contributed by atoms with Crippen molar-refractivity contribution in [2.75, 3.05) is 19.6 Å². The molecule has 1 unspecified atom stereocenters. The number of carbonyl (C=O) groups excluding carboxylic acids is 1. The van der Waals surface area contributed by atoms with E-state index in [0.717, 1.165) is 6.54 Å². The van der Waals surface area contributed by atoms with E-state index in [1.165, 1.54) is 51.6 Å². The van der Waals surface area contributed by atoms with Crippen LogP contribution in [0.3, 0.4) is 0 Å². The van der Waals surface area contributed by atoms with E-state index in [-0.39, 0.29) is 17.4 Å². The number of hydrogen-bond acceptors (Lipinski definition) is 2. The van der Waals surface area contributed by atoms with Gasteiger partial charge in [-0.15, -0.1) is 0 Å². The van der Waals surface area contributed by atoms with Gasteiger partial charge in [0.2, 0.25) is 5.91 Å². The lowest BCUT2D eigenvalue weighted by Gasteiger charge is -2.36. The number of nitrogens with zero attached hydrogens (tertiary/aromatic N) is 1. The first-order chi connectivity index (χ1) is 9.00. The van der Waals surface area contributed by atoms with Crippen molar-refractivity contribution in [1.29, 1.82) is 0 Å². The Hall–Kier alpha value is -0.570. The van der Waals surface area contributed by atoms with E-state index in [9.17, 15) is 4.79 Å². The van der Waals surface area contributed by atoms with Gasteiger partial charge in [0, 0.05) is 18.0 Å². The Morgan fingerprint density at radius 2 is 1.79 bits per heavy atom. The average molecular weight is 266 g/mol. The molecule has 1 amide bonds. The molecule has 2 aliphatic rings. The number of carbonyl (C=O) groups is 1. The molecule has 0 aromatic rings. The maximum absolute atomic E-state index is 12.3. The van der Waals surface area contributed by atoms with Gasteiger partial charge in [0.15, 0.2) is 0 Å². The Balaban J connectivity index is 1.78. The smallest absolute Gasteiger partial charge is 0.223 e. The third-order valence-electron chi connectivity index (χ3n) is 5.18. The molecule has 2 rings (SSSR count). The van der Waals surface area contributed by atoms with Crippen LogP contribution in [0.5, 0.6) is 0 Å². The summed E-state index contributed by atoms with van der Waals surface area (Å²) in [4.78, 5) is 14.8. The lowest BCUT2D eigenvalue weighted by molar-refractivity contribution is -0.126. The van der Waals surface area contributed by atoms with Crippen molar-refractivity contribution in [3.05, 3.63) is 0 Å². The zero-order chi connectivity index (χ0) is 13.9. The number of nitrogens with one attached hydrogen (secondary N) is 1. The minimum Gasteiger partial charge on any atom is -0.354 e. The third kappa shape index (κ3) is 3.71. The first-order valence-corrected chi connectivity index (χ1v) is 8.03. The molecule has 1 aliphatic heterocycles. The van der Waals surface area contributed by atoms with Gasteiger partial charge in [-0.3, -0.25) is 9.69 Å². The third-order valence-corrected chi connectivity index (χ3v) is 5.18. The normalized spacial score (nSPS) is 23.7. The number of rotatable bonds is 5. The predicted molar refractivity (Wildman–Crippen MR) is 79.0 cm³/mol. The summed E-state index contributed by atoms with van der Waals surface area (Å²) in [5.41, 5.74) is 0.0988. The fourth-order valence-electron chi connectivity index (χ4n) is 3.57. The molecule has 1 atom stereocenters. The summed E-state index contributed by atoms with van der Waals surface area (Å²) in [5, 5.41) is 3.20. The van der Waals surface area contributed by atoms with E-state index in [2.05, 4.69) is 31.0 Å². The zero-order valence-corrected chi connectivity index (χ0v) is 12.9. The fourth-order valence-corrected chi connectivity index (χ4v) is 3.57. The van der Waals surface area contributed by atoms with Gasteiger partial charge < -0.3 is 5.32 Å². The molecule has 110 valence electrons. The van der Waals surface area contributed by atoms with E-state index < -0.39 is 0 Å². The van der Waals surface area contributed by atoms with Crippen molar-refractivity contribution in [3.8, 4) is 0 Å². The van der Waals surface area contributed by atoms with Gasteiger partial charge in [-0.2, -0.15) is 0 Å². The molecule has 1 saturated carbocycles. The molecule has 3 nitrogen and oxygen atoms in total. The van der Waals surface area contributed by atoms with Gasteiger partial charge in [0.1, 0.15) is 0 Å². The summed E-state index contributed by atoms with van der Waals surface area (Å²) in [5.74, 6) is 1.07. The first-order valence-electron chi connectivity index (χ1n) is 8.03. The lowest BCUT2D eigenvalue weighted by atomic mass is 9.91. The van der Waals surface area contributed by atoms with Crippen molar-refractivity contribution in [1.82, 2.24) is 10.2 Å². The van der Waals surface area contributed by atoms with Crippen LogP contribution in [0.4, 0.5) is 0 Å². The van der Waals surface area contributed by atoms with Crippen LogP contribution in [0.1, 0.15) is 59.3 Å². The Morgan fingerprint density at radius 3 is 2.37 bits per heavy atom. The lowest BCUT2D eigenvalue weighted by Crippen LogP contribution is -2.51. The highest BCUT2D eigenvalue weighted by Gasteiger charge is 2.31. The monoisotopic (exact) mass is 266 g/mol. The van der Waals surface area contributed by atoms with Crippen LogP contribution in [-0.4, -0.2) is 36.0 Å². The first kappa shape index (κ1) is 14.8. The second kappa shape index (κ2) is 6.25. The number of hydrogen-bond donors (Lipinski definition) is 1. The Morgan fingerprint density at radius 1 is 1.21 bits per heavy atom. The van der Waals surface area contributed by atoms with Crippen LogP contribution < -0.4 is 5.32 Å². The SMILES string of the molecule is CC(C(=O)NCC(C)(C)N1CCCC1)C1CCCC1. The van der Waals surface area contributed by atoms with Crippen LogP contribution in [0.25, 0.3) is 0 Å². The Kier molecular flexibility index (Phi) is 4.88. The van der Waals surface area contributed by atoms with Gasteiger partial charge in [0.25, 0.3) is 0 Å². The van der Waals surface area contributed by atoms with Gasteiger partial charge in [-0.25, -0.2) is 0 Å². The van der Waals surface area contributed by atoms with E-state index in [1.54, 1.807) is 0 Å². The van der Waals surface area contributed by atoms with Crippen LogP contribution in [0.2, 0.25) is 0 Å². The number of likely N-dealkylation sites (tertiary alicyclic amines) is 1. The Bertz CT molecular complexity index is 302. The maximum atomic E-state index is 12.3. The van der Waals surface area contributed by atoms with Gasteiger partial charge >= 0.3 is 0 Å². The maximum Gasteiger partial charge on any atom is 0.223 e. The quantitative estimate of drug-likeness (QED) is 0.830. The highest BCUT2D eigenvalue weighted by Crippen LogP contribution is 2.31. The molecular weight excluding hydrogens is 236 g/mol. The molecule has 19 heavy (non-hydrogen) atoms. The standard InChI is InChI=1S/C16H30N2O/c1-13(14-8-4-5-9-14)15(19)17-12-16(2,3)18-10-6-7-11-18/h13-14H,4-12H2,1-3H3,(H,17,19). The minimum absolute atomic E-state index is 0.0988. The van der Waals surface area contributed by atoms with Crippen LogP contribution in [0, 0.1) is 11.8 Å². The van der Waals surface area contributed by atoms with Crippen molar-refractivity contribution in [2.45, 2.75) is 64.8 Å². The summed E-state index contributed by atoms with van der Waals surface area (Å²) >= 11 is 0. The molecule has 3 heteroatoms. The molecule has 0 aromatic carbocycles. The van der Waals surface area contributed by atoms with Crippen molar-refractivity contribution in [2.24, 2.45) is 11.8 Å². The summed E-state index contributed by atoms with van der Waals surface area (Å²) in [7, 11) is 0. The van der Waals surface area contributed by atoms with Crippen LogP contribution in [-0.2, 0) is 4.79 Å². The second-order valence-electron chi connectivity index (χ2n) is 7.06. The second-order valence-corrected chi connectivity index (χ2v) is 7.06. The van der Waals surface area contributed by atoms with Crippen LogP contribution >= 0.6 is 0 Å². The molecule has 1 N–H and O–H groups in total. The molecule has 0 spiro atoms. The van der Waals surface area contributed by atoms with Gasteiger partial charge in [-0.1, -0.05) is 19.8 Å². The summed E-state index contributed by atoms with van der Waals surface area (Å²) in [6.45, 7) is 9.75. The van der Waals surface area contributed by atoms with E-state index >= 15 is 0 Å². The van der Waals surface area contributed by atoms with Crippen molar-refractivity contribution >= 4 is 5.91 Å². The molecule has 0 aromatic heterocycles. The zero-order valence-electron chi connectivity index (χ0n) is 12.9. The van der Waals surface area contributed by atoms with Gasteiger partial charge in [-0.05, 0) is 58.5 Å². The highest BCUT2D eigenvalue weighted by atomic mass is 16.1. The van der Waals surface area contributed by atoms with Crippen molar-refractivity contribution < 1.29 is 4.79 Å². The molecular formula is C16H30N2O. The molecule has 1 heterocycles. The highest BCUT2D eigenvalue weighted by molar-refractivity contribution is 5.78. The minimum atomic E-state index is 0.0988.